The molecule has 1 aliphatic carbocycles. The van der Waals surface area contributed by atoms with Crippen molar-refractivity contribution in [2.45, 2.75) is 82.9 Å². The minimum absolute atomic E-state index is 0.0564. The van der Waals surface area contributed by atoms with Crippen molar-refractivity contribution in [3.63, 3.8) is 0 Å². The fourth-order valence-corrected chi connectivity index (χ4v) is 4.99. The summed E-state index contributed by atoms with van der Waals surface area (Å²) in [5.41, 5.74) is 0.808. The first-order chi connectivity index (χ1) is 17.7. The summed E-state index contributed by atoms with van der Waals surface area (Å²) >= 11 is 0. The van der Waals surface area contributed by atoms with Gasteiger partial charge in [-0.2, -0.15) is 0 Å². The van der Waals surface area contributed by atoms with Gasteiger partial charge >= 0.3 is 0 Å². The van der Waals surface area contributed by atoms with Gasteiger partial charge in [-0.05, 0) is 56.2 Å². The van der Waals surface area contributed by atoms with Crippen LogP contribution in [0.4, 0.5) is 4.39 Å². The lowest BCUT2D eigenvalue weighted by Gasteiger charge is -2.34. The molecule has 2 amide bonds. The summed E-state index contributed by atoms with van der Waals surface area (Å²) in [4.78, 5) is 36.9. The summed E-state index contributed by atoms with van der Waals surface area (Å²) < 4.78 is 13.4. The number of carbonyl (C=O) groups is 3. The fraction of sp³-hybridized carbons (Fsp3) is 0.483. The van der Waals surface area contributed by atoms with Crippen LogP contribution in [0.25, 0.3) is 0 Å². The number of carbonyl (C=O) groups excluding carboxylic acids is 3. The highest BCUT2D eigenvalue weighted by atomic mass is 19.1. The van der Waals surface area contributed by atoms with Gasteiger partial charge in [-0.3, -0.25) is 9.59 Å². The number of rotatable bonds is 12. The molecule has 2 unspecified atom stereocenters. The normalized spacial score (nSPS) is 16.4. The van der Waals surface area contributed by atoms with Crippen LogP contribution in [0.15, 0.2) is 48.5 Å². The molecule has 4 N–H and O–H groups in total. The van der Waals surface area contributed by atoms with E-state index in [0.29, 0.717) is 6.42 Å². The average Bonchev–Trinajstić information content (AvgIpc) is 2.87. The molecule has 2 aromatic rings. The predicted octanol–water partition coefficient (Wildman–Crippen LogP) is 4.06. The number of ketones is 1. The smallest absolute Gasteiger partial charge is 0.255 e. The van der Waals surface area contributed by atoms with E-state index < -0.39 is 29.6 Å². The summed E-state index contributed by atoms with van der Waals surface area (Å²) in [6.45, 7) is 1.45. The number of aliphatic hydroxyl groups excluding tert-OH is 1. The highest BCUT2D eigenvalue weighted by molar-refractivity contribution is 5.97. The van der Waals surface area contributed by atoms with Crippen LogP contribution < -0.4 is 10.6 Å². The van der Waals surface area contributed by atoms with Crippen LogP contribution in [0.3, 0.4) is 0 Å². The molecule has 1 saturated carbocycles. The summed E-state index contributed by atoms with van der Waals surface area (Å²) in [6, 6.07) is 11.5. The number of Topliss-reactive ketones (excluding diaryl/α,β-unsaturated/α-hetero) is 1. The van der Waals surface area contributed by atoms with Gasteiger partial charge in [-0.25, -0.2) is 4.39 Å². The molecule has 3 atom stereocenters. The molecule has 1 fully saturated rings. The number of amides is 2. The standard InChI is InChI=1S/C29H37FN2O5/c1-19(33)12-15-28(36)31-24(21-10-6-3-7-11-21)18-27(35)25(16-20-8-4-2-5-9-20)32-29(37)23-14-13-22(30)17-26(23)34/h2,4-5,8-9,13-14,17,21,24-25,27,34-35H,3,6-7,10-12,15-16,18H2,1H3,(H,31,36)(H,32,37)/t24?,25?,27-/m0/s1. The van der Waals surface area contributed by atoms with Crippen molar-refractivity contribution in [1.82, 2.24) is 10.6 Å². The molecule has 0 spiro atoms. The molecule has 1 aliphatic rings. The molecule has 0 heterocycles. The lowest BCUT2D eigenvalue weighted by Crippen LogP contribution is -2.50. The van der Waals surface area contributed by atoms with Crippen LogP contribution in [0, 0.1) is 11.7 Å². The Balaban J connectivity index is 1.78. The monoisotopic (exact) mass is 512 g/mol. The minimum Gasteiger partial charge on any atom is -0.507 e. The largest absolute Gasteiger partial charge is 0.507 e. The molecule has 37 heavy (non-hydrogen) atoms. The zero-order valence-electron chi connectivity index (χ0n) is 21.3. The molecule has 2 aromatic carbocycles. The Morgan fingerprint density at radius 1 is 1.00 bits per heavy atom. The summed E-state index contributed by atoms with van der Waals surface area (Å²) in [5, 5.41) is 27.3. The average molecular weight is 513 g/mol. The number of aromatic hydroxyl groups is 1. The molecular formula is C29H37FN2O5. The SMILES string of the molecule is CC(=O)CCC(=O)NC(C[C@H](O)C(Cc1ccccc1)NC(=O)c1ccc(F)cc1O)C1CCCCC1. The van der Waals surface area contributed by atoms with Crippen molar-refractivity contribution in [2.24, 2.45) is 5.92 Å². The Kier molecular flexibility index (Phi) is 10.6. The number of benzene rings is 2. The zero-order valence-corrected chi connectivity index (χ0v) is 21.3. The van der Waals surface area contributed by atoms with Gasteiger partial charge in [-0.15, -0.1) is 0 Å². The number of aliphatic hydroxyl groups is 1. The second kappa shape index (κ2) is 13.9. The minimum atomic E-state index is -1.01. The van der Waals surface area contributed by atoms with E-state index in [9.17, 15) is 29.0 Å². The van der Waals surface area contributed by atoms with E-state index in [1.54, 1.807) is 0 Å². The summed E-state index contributed by atoms with van der Waals surface area (Å²) in [5.74, 6) is -1.86. The maximum Gasteiger partial charge on any atom is 0.255 e. The van der Waals surface area contributed by atoms with E-state index in [0.717, 1.165) is 49.8 Å². The number of phenols is 1. The Labute approximate surface area is 217 Å². The quantitative estimate of drug-likeness (QED) is 0.342. The van der Waals surface area contributed by atoms with E-state index in [2.05, 4.69) is 10.6 Å². The van der Waals surface area contributed by atoms with Gasteiger partial charge in [0.05, 0.1) is 17.7 Å². The van der Waals surface area contributed by atoms with E-state index in [1.165, 1.54) is 13.0 Å². The number of halogens is 1. The van der Waals surface area contributed by atoms with Gasteiger partial charge in [-0.1, -0.05) is 49.6 Å². The number of hydrogen-bond acceptors (Lipinski definition) is 5. The first kappa shape index (κ1) is 28.3. The van der Waals surface area contributed by atoms with Crippen LogP contribution in [-0.4, -0.2) is 46.0 Å². The van der Waals surface area contributed by atoms with Gasteiger partial charge in [0.1, 0.15) is 17.3 Å². The first-order valence-corrected chi connectivity index (χ1v) is 13.0. The van der Waals surface area contributed by atoms with Crippen molar-refractivity contribution in [2.75, 3.05) is 0 Å². The van der Waals surface area contributed by atoms with Crippen LogP contribution in [0.5, 0.6) is 5.75 Å². The Morgan fingerprint density at radius 2 is 1.70 bits per heavy atom. The summed E-state index contributed by atoms with van der Waals surface area (Å²) in [7, 11) is 0. The van der Waals surface area contributed by atoms with Crippen LogP contribution in [0.1, 0.15) is 74.2 Å². The molecule has 0 aliphatic heterocycles. The third kappa shape index (κ3) is 8.97. The molecule has 8 heteroatoms. The Hall–Kier alpha value is -3.26. The molecule has 3 rings (SSSR count). The van der Waals surface area contributed by atoms with Gasteiger partial charge in [0.25, 0.3) is 5.91 Å². The second-order valence-electron chi connectivity index (χ2n) is 10.0. The Bertz CT molecular complexity index is 1060. The van der Waals surface area contributed by atoms with Crippen molar-refractivity contribution < 1.29 is 29.0 Å². The topological polar surface area (TPSA) is 116 Å². The van der Waals surface area contributed by atoms with Gasteiger partial charge in [0.2, 0.25) is 5.91 Å². The van der Waals surface area contributed by atoms with E-state index >= 15 is 0 Å². The predicted molar refractivity (Wildman–Crippen MR) is 139 cm³/mol. The van der Waals surface area contributed by atoms with E-state index in [-0.39, 0.29) is 48.5 Å². The molecule has 0 saturated heterocycles. The molecule has 200 valence electrons. The molecule has 0 bridgehead atoms. The van der Waals surface area contributed by atoms with E-state index in [4.69, 9.17) is 0 Å². The second-order valence-corrected chi connectivity index (χ2v) is 10.0. The molecule has 7 nitrogen and oxygen atoms in total. The van der Waals surface area contributed by atoms with Crippen molar-refractivity contribution in [3.05, 3.63) is 65.5 Å². The molecule has 0 radical (unpaired) electrons. The fourth-order valence-electron chi connectivity index (χ4n) is 4.99. The maximum atomic E-state index is 13.4. The molecule has 0 aromatic heterocycles. The van der Waals surface area contributed by atoms with Crippen molar-refractivity contribution in [3.8, 4) is 5.75 Å². The van der Waals surface area contributed by atoms with Gasteiger partial charge < -0.3 is 25.6 Å². The van der Waals surface area contributed by atoms with Crippen LogP contribution in [0.2, 0.25) is 0 Å². The lowest BCUT2D eigenvalue weighted by molar-refractivity contribution is -0.125. The highest BCUT2D eigenvalue weighted by Crippen LogP contribution is 2.29. The highest BCUT2D eigenvalue weighted by Gasteiger charge is 2.31. The third-order valence-electron chi connectivity index (χ3n) is 7.05. The van der Waals surface area contributed by atoms with Gasteiger partial charge in [0, 0.05) is 24.9 Å². The van der Waals surface area contributed by atoms with Gasteiger partial charge in [0.15, 0.2) is 0 Å². The number of nitrogens with one attached hydrogen (secondary N) is 2. The van der Waals surface area contributed by atoms with Crippen molar-refractivity contribution >= 4 is 17.6 Å². The zero-order chi connectivity index (χ0) is 26.8. The third-order valence-corrected chi connectivity index (χ3v) is 7.05. The molecular weight excluding hydrogens is 475 g/mol. The van der Waals surface area contributed by atoms with Crippen LogP contribution in [-0.2, 0) is 16.0 Å². The van der Waals surface area contributed by atoms with E-state index in [1.807, 2.05) is 30.3 Å². The van der Waals surface area contributed by atoms with Crippen molar-refractivity contribution in [1.29, 1.82) is 0 Å². The first-order valence-electron chi connectivity index (χ1n) is 13.0. The summed E-state index contributed by atoms with van der Waals surface area (Å²) in [6.07, 6.45) is 4.91. The van der Waals surface area contributed by atoms with Crippen LogP contribution >= 0.6 is 0 Å². The number of phenolic OH excluding ortho intramolecular Hbond substituents is 1. The Morgan fingerprint density at radius 3 is 2.35 bits per heavy atom. The lowest BCUT2D eigenvalue weighted by atomic mass is 9.80. The number of hydrogen-bond donors (Lipinski definition) is 4. The maximum absolute atomic E-state index is 13.4.